The van der Waals surface area contributed by atoms with Gasteiger partial charge < -0.3 is 4.98 Å². The third-order valence-electron chi connectivity index (χ3n) is 6.15. The molecule has 1 aliphatic carbocycles. The lowest BCUT2D eigenvalue weighted by molar-refractivity contribution is 0.607. The van der Waals surface area contributed by atoms with E-state index in [1.54, 1.807) is 6.07 Å². The van der Waals surface area contributed by atoms with E-state index in [0.717, 1.165) is 58.9 Å². The zero-order valence-electron chi connectivity index (χ0n) is 18.1. The van der Waals surface area contributed by atoms with Crippen molar-refractivity contribution in [3.8, 4) is 22.4 Å². The predicted molar refractivity (Wildman–Crippen MR) is 129 cm³/mol. The van der Waals surface area contributed by atoms with Gasteiger partial charge in [-0.1, -0.05) is 55.8 Å². The summed E-state index contributed by atoms with van der Waals surface area (Å²) in [7, 11) is -3.34. The zero-order valence-corrected chi connectivity index (χ0v) is 18.9. The van der Waals surface area contributed by atoms with Crippen molar-refractivity contribution in [1.82, 2.24) is 4.98 Å². The van der Waals surface area contributed by atoms with E-state index in [2.05, 4.69) is 28.8 Å². The Morgan fingerprint density at radius 3 is 2.50 bits per heavy atom. The van der Waals surface area contributed by atoms with Gasteiger partial charge in [0, 0.05) is 28.6 Å². The normalized spacial score (nSPS) is 12.7. The van der Waals surface area contributed by atoms with Crippen LogP contribution in [-0.2, 0) is 22.9 Å². The number of hydrogen-bond donors (Lipinski definition) is 2. The molecule has 4 nitrogen and oxygen atoms in total. The highest BCUT2D eigenvalue weighted by Crippen LogP contribution is 2.43. The molecule has 0 bridgehead atoms. The number of sulfonamides is 1. The molecule has 0 saturated heterocycles. The van der Waals surface area contributed by atoms with Crippen LogP contribution in [-0.4, -0.2) is 19.7 Å². The number of aromatic nitrogens is 1. The summed E-state index contributed by atoms with van der Waals surface area (Å²) in [5, 5.41) is 0.870. The number of nitrogens with one attached hydrogen (secondary N) is 2. The molecule has 164 valence electrons. The van der Waals surface area contributed by atoms with Gasteiger partial charge in [-0.15, -0.1) is 0 Å². The molecule has 1 aromatic heterocycles. The maximum Gasteiger partial charge on any atom is 0.229 e. The molecule has 0 saturated carbocycles. The van der Waals surface area contributed by atoms with Crippen LogP contribution in [0.2, 0.25) is 0 Å². The molecule has 1 heterocycles. The number of halogens is 1. The maximum absolute atomic E-state index is 15.5. The number of benzene rings is 3. The number of hydrogen-bond acceptors (Lipinski definition) is 2. The number of rotatable bonds is 6. The van der Waals surface area contributed by atoms with Crippen LogP contribution in [0, 0.1) is 5.82 Å². The minimum atomic E-state index is -3.34. The van der Waals surface area contributed by atoms with Crippen molar-refractivity contribution < 1.29 is 12.8 Å². The second-order valence-corrected chi connectivity index (χ2v) is 10.3. The molecule has 0 unspecified atom stereocenters. The van der Waals surface area contributed by atoms with Gasteiger partial charge in [-0.05, 0) is 47.2 Å². The Labute approximate surface area is 187 Å². The first-order valence-corrected chi connectivity index (χ1v) is 12.8. The minimum Gasteiger partial charge on any atom is -0.352 e. The van der Waals surface area contributed by atoms with E-state index >= 15 is 4.39 Å². The molecular weight excluding hydrogens is 423 g/mol. The molecule has 5 rings (SSSR count). The lowest BCUT2D eigenvalue weighted by atomic mass is 9.99. The molecule has 0 atom stereocenters. The predicted octanol–water partition coefficient (Wildman–Crippen LogP) is 6.26. The number of H-pyrrole nitrogens is 1. The highest BCUT2D eigenvalue weighted by atomic mass is 32.2. The van der Waals surface area contributed by atoms with Gasteiger partial charge in [0.15, 0.2) is 5.82 Å². The first-order chi connectivity index (χ1) is 15.3. The molecule has 2 N–H and O–H groups in total. The summed E-state index contributed by atoms with van der Waals surface area (Å²) in [5.74, 6) is -0.241. The molecule has 6 heteroatoms. The smallest absolute Gasteiger partial charge is 0.229 e. The number of anilines is 1. The van der Waals surface area contributed by atoms with Gasteiger partial charge in [-0.3, -0.25) is 4.72 Å². The summed E-state index contributed by atoms with van der Waals surface area (Å²) >= 11 is 0. The third-order valence-corrected chi connectivity index (χ3v) is 6.75. The molecule has 1 aliphatic rings. The summed E-state index contributed by atoms with van der Waals surface area (Å²) in [6.07, 6.45) is 5.12. The largest absolute Gasteiger partial charge is 0.352 e. The molecular formula is C26H25FN2O2S. The van der Waals surface area contributed by atoms with Crippen molar-refractivity contribution in [1.29, 1.82) is 0 Å². The van der Waals surface area contributed by atoms with Crippen LogP contribution in [0.4, 0.5) is 10.1 Å². The van der Waals surface area contributed by atoms with Crippen LogP contribution in [0.1, 0.15) is 36.5 Å². The van der Waals surface area contributed by atoms with Crippen molar-refractivity contribution >= 4 is 26.6 Å². The summed E-state index contributed by atoms with van der Waals surface area (Å²) < 4.78 is 41.1. The first-order valence-electron chi connectivity index (χ1n) is 10.9. The molecule has 0 aliphatic heterocycles. The fourth-order valence-electron chi connectivity index (χ4n) is 4.61. The van der Waals surface area contributed by atoms with E-state index in [1.165, 1.54) is 5.56 Å². The van der Waals surface area contributed by atoms with E-state index in [0.29, 0.717) is 23.2 Å². The van der Waals surface area contributed by atoms with Gasteiger partial charge in [0.05, 0.1) is 17.5 Å². The van der Waals surface area contributed by atoms with Gasteiger partial charge in [0.25, 0.3) is 0 Å². The summed E-state index contributed by atoms with van der Waals surface area (Å²) in [6.45, 7) is 2.18. The second kappa shape index (κ2) is 7.78. The summed E-state index contributed by atoms with van der Waals surface area (Å²) in [6, 6.07) is 17.5. The Morgan fingerprint density at radius 1 is 1.03 bits per heavy atom. The van der Waals surface area contributed by atoms with Crippen LogP contribution in [0.15, 0.2) is 54.6 Å². The van der Waals surface area contributed by atoms with Crippen LogP contribution in [0.5, 0.6) is 0 Å². The van der Waals surface area contributed by atoms with Gasteiger partial charge in [-0.25, -0.2) is 12.8 Å². The van der Waals surface area contributed by atoms with Gasteiger partial charge in [0.1, 0.15) is 0 Å². The van der Waals surface area contributed by atoms with E-state index in [9.17, 15) is 8.42 Å². The quantitative estimate of drug-likeness (QED) is 0.322. The Morgan fingerprint density at radius 2 is 1.78 bits per heavy atom. The van der Waals surface area contributed by atoms with Gasteiger partial charge in [0.2, 0.25) is 10.0 Å². The Bertz CT molecular complexity index is 1440. The maximum atomic E-state index is 15.5. The number of aryl methyl sites for hydroxylation is 1. The van der Waals surface area contributed by atoms with E-state index < -0.39 is 10.0 Å². The SMILES string of the molecule is CCCCc1ccc(-c2ccc3c4c([nH]c3c2F)-c2ccc(NS(C)(=O)=O)cc2C4)cc1. The van der Waals surface area contributed by atoms with Crippen molar-refractivity contribution in [2.75, 3.05) is 11.0 Å². The van der Waals surface area contributed by atoms with Crippen molar-refractivity contribution in [2.24, 2.45) is 0 Å². The van der Waals surface area contributed by atoms with Crippen molar-refractivity contribution in [3.05, 3.63) is 77.1 Å². The first kappa shape index (κ1) is 20.8. The Balaban J connectivity index is 1.51. The second-order valence-electron chi connectivity index (χ2n) is 8.55. The monoisotopic (exact) mass is 448 g/mol. The molecule has 0 spiro atoms. The van der Waals surface area contributed by atoms with Crippen molar-refractivity contribution in [2.45, 2.75) is 32.6 Å². The standard InChI is InChI=1S/C26H25FN2O2S/c1-3-4-5-16-6-8-17(9-7-16)20-12-13-22-23-15-18-14-19(29-32(2,30)31)10-11-21(18)25(23)28-26(22)24(20)27/h6-14,28-29H,3-5,15H2,1-2H3. The summed E-state index contributed by atoms with van der Waals surface area (Å²) in [4.78, 5) is 3.30. The van der Waals surface area contributed by atoms with Crippen LogP contribution < -0.4 is 4.72 Å². The molecule has 0 amide bonds. The fraction of sp³-hybridized carbons (Fsp3) is 0.231. The Kier molecular flexibility index (Phi) is 5.05. The topological polar surface area (TPSA) is 62.0 Å². The van der Waals surface area contributed by atoms with E-state index in [1.807, 2.05) is 36.4 Å². The fourth-order valence-corrected chi connectivity index (χ4v) is 5.16. The zero-order chi connectivity index (χ0) is 22.5. The number of aromatic amines is 1. The van der Waals surface area contributed by atoms with Gasteiger partial charge >= 0.3 is 0 Å². The molecule has 4 aromatic rings. The Hall–Kier alpha value is -3.12. The molecule has 0 radical (unpaired) electrons. The van der Waals surface area contributed by atoms with E-state index in [4.69, 9.17) is 0 Å². The average Bonchev–Trinajstić information content (AvgIpc) is 3.28. The van der Waals surface area contributed by atoms with Crippen LogP contribution in [0.3, 0.4) is 0 Å². The number of unbranched alkanes of at least 4 members (excludes halogenated alkanes) is 1. The van der Waals surface area contributed by atoms with Gasteiger partial charge in [-0.2, -0.15) is 0 Å². The summed E-state index contributed by atoms with van der Waals surface area (Å²) in [5.41, 5.74) is 7.76. The van der Waals surface area contributed by atoms with Crippen LogP contribution in [0.25, 0.3) is 33.3 Å². The highest BCUT2D eigenvalue weighted by molar-refractivity contribution is 7.92. The lowest BCUT2D eigenvalue weighted by Crippen LogP contribution is -2.09. The van der Waals surface area contributed by atoms with Crippen LogP contribution >= 0.6 is 0 Å². The minimum absolute atomic E-state index is 0.241. The third kappa shape index (κ3) is 3.69. The lowest BCUT2D eigenvalue weighted by Gasteiger charge is -2.08. The molecule has 32 heavy (non-hydrogen) atoms. The van der Waals surface area contributed by atoms with Crippen molar-refractivity contribution in [3.63, 3.8) is 0 Å². The number of fused-ring (bicyclic) bond motifs is 5. The highest BCUT2D eigenvalue weighted by Gasteiger charge is 2.25. The molecule has 0 fully saturated rings. The average molecular weight is 449 g/mol. The van der Waals surface area contributed by atoms with E-state index in [-0.39, 0.29) is 5.82 Å². The molecule has 3 aromatic carbocycles.